The average molecular weight is 210 g/mol. The highest BCUT2D eigenvalue weighted by molar-refractivity contribution is 5.90. The molecule has 3 N–H and O–H groups in total. The number of carbonyl (C=O) groups is 2. The number of hydrogen-bond acceptors (Lipinski definition) is 3. The molecule has 0 aromatic heterocycles. The lowest BCUT2D eigenvalue weighted by molar-refractivity contribution is -0.122. The largest absolute Gasteiger partial charge is 0.339 e. The molecule has 0 aromatic rings. The third kappa shape index (κ3) is 3.13. The van der Waals surface area contributed by atoms with Crippen LogP contribution in [0, 0.1) is 11.3 Å². The van der Waals surface area contributed by atoms with Gasteiger partial charge in [0.15, 0.2) is 0 Å². The Morgan fingerprint density at radius 2 is 2.53 bits per heavy atom. The summed E-state index contributed by atoms with van der Waals surface area (Å²) in [4.78, 5) is 22.3. The van der Waals surface area contributed by atoms with E-state index in [4.69, 9.17) is 5.26 Å². The molecule has 0 saturated carbocycles. The molecule has 6 nitrogen and oxygen atoms in total. The first-order valence-electron chi connectivity index (χ1n) is 4.91. The first-order chi connectivity index (χ1) is 7.17. The van der Waals surface area contributed by atoms with E-state index in [1.54, 1.807) is 0 Å². The Bertz CT molecular complexity index is 297. The minimum Gasteiger partial charge on any atom is -0.339 e. The van der Waals surface area contributed by atoms with Gasteiger partial charge in [-0.3, -0.25) is 4.79 Å². The first-order valence-corrected chi connectivity index (χ1v) is 4.91. The van der Waals surface area contributed by atoms with Crippen LogP contribution >= 0.6 is 0 Å². The van der Waals surface area contributed by atoms with E-state index in [0.717, 1.165) is 6.42 Å². The van der Waals surface area contributed by atoms with Crippen LogP contribution in [-0.4, -0.2) is 30.6 Å². The smallest absolute Gasteiger partial charge is 0.315 e. The van der Waals surface area contributed by atoms with Gasteiger partial charge in [-0.25, -0.2) is 4.79 Å². The van der Waals surface area contributed by atoms with Crippen molar-refractivity contribution in [3.8, 4) is 6.07 Å². The molecule has 1 aliphatic heterocycles. The van der Waals surface area contributed by atoms with Crippen molar-refractivity contribution in [2.45, 2.75) is 31.8 Å². The molecule has 15 heavy (non-hydrogen) atoms. The molecule has 2 unspecified atom stereocenters. The molecule has 1 heterocycles. The van der Waals surface area contributed by atoms with Gasteiger partial charge in [-0.05, 0) is 6.42 Å². The summed E-state index contributed by atoms with van der Waals surface area (Å²) in [6, 6.07) is 0.619. The number of rotatable bonds is 4. The molecule has 0 spiro atoms. The molecule has 1 fully saturated rings. The third-order valence-electron chi connectivity index (χ3n) is 2.14. The van der Waals surface area contributed by atoms with Gasteiger partial charge in [0.2, 0.25) is 5.91 Å². The molecule has 0 aromatic carbocycles. The topological polar surface area (TPSA) is 94.0 Å². The standard InChI is InChI=1S/C9H14N4O2/c1-2-3-6(4-10)12-8(14)7-5-11-9(15)13-7/h6-7H,2-3,5H2,1H3,(H,12,14)(H2,11,13,15). The van der Waals surface area contributed by atoms with Gasteiger partial charge in [-0.15, -0.1) is 0 Å². The maximum atomic E-state index is 11.5. The lowest BCUT2D eigenvalue weighted by Gasteiger charge is -2.13. The molecule has 3 amide bonds. The lowest BCUT2D eigenvalue weighted by atomic mass is 10.1. The zero-order valence-electron chi connectivity index (χ0n) is 8.54. The van der Waals surface area contributed by atoms with Crippen molar-refractivity contribution in [1.29, 1.82) is 5.26 Å². The Kier molecular flexibility index (Phi) is 3.92. The third-order valence-corrected chi connectivity index (χ3v) is 2.14. The minimum atomic E-state index is -0.565. The minimum absolute atomic E-state index is 0.273. The summed E-state index contributed by atoms with van der Waals surface area (Å²) in [7, 11) is 0. The summed E-state index contributed by atoms with van der Waals surface area (Å²) in [6.07, 6.45) is 1.45. The number of amides is 3. The maximum Gasteiger partial charge on any atom is 0.315 e. The van der Waals surface area contributed by atoms with Gasteiger partial charge >= 0.3 is 6.03 Å². The van der Waals surface area contributed by atoms with Crippen molar-refractivity contribution in [3.63, 3.8) is 0 Å². The fraction of sp³-hybridized carbons (Fsp3) is 0.667. The summed E-state index contributed by atoms with van der Waals surface area (Å²) in [5.74, 6) is -0.312. The van der Waals surface area contributed by atoms with E-state index >= 15 is 0 Å². The molecule has 1 saturated heterocycles. The quantitative estimate of drug-likeness (QED) is 0.582. The summed E-state index contributed by atoms with van der Waals surface area (Å²) in [5.41, 5.74) is 0. The Morgan fingerprint density at radius 1 is 1.80 bits per heavy atom. The monoisotopic (exact) mass is 210 g/mol. The van der Waals surface area contributed by atoms with Crippen molar-refractivity contribution in [2.24, 2.45) is 0 Å². The zero-order valence-corrected chi connectivity index (χ0v) is 8.54. The van der Waals surface area contributed by atoms with Crippen molar-refractivity contribution >= 4 is 11.9 Å². The van der Waals surface area contributed by atoms with Crippen molar-refractivity contribution in [3.05, 3.63) is 0 Å². The van der Waals surface area contributed by atoms with E-state index in [1.165, 1.54) is 0 Å². The highest BCUT2D eigenvalue weighted by Gasteiger charge is 2.27. The number of hydrogen-bond donors (Lipinski definition) is 3. The predicted molar refractivity (Wildman–Crippen MR) is 52.8 cm³/mol. The Hall–Kier alpha value is -1.77. The van der Waals surface area contributed by atoms with Crippen LogP contribution in [0.25, 0.3) is 0 Å². The molecular formula is C9H14N4O2. The normalized spacial score (nSPS) is 21.1. The van der Waals surface area contributed by atoms with Crippen molar-refractivity contribution in [2.75, 3.05) is 6.54 Å². The second-order valence-electron chi connectivity index (χ2n) is 3.39. The van der Waals surface area contributed by atoms with E-state index in [9.17, 15) is 9.59 Å². The molecule has 82 valence electrons. The van der Waals surface area contributed by atoms with Gasteiger partial charge in [-0.2, -0.15) is 5.26 Å². The number of carbonyl (C=O) groups excluding carboxylic acids is 2. The van der Waals surface area contributed by atoms with Crippen LogP contribution in [-0.2, 0) is 4.79 Å². The van der Waals surface area contributed by atoms with Gasteiger partial charge in [0, 0.05) is 6.54 Å². The Morgan fingerprint density at radius 3 is 3.00 bits per heavy atom. The predicted octanol–water partition coefficient (Wildman–Crippen LogP) is -0.524. The first kappa shape index (κ1) is 11.3. The SMILES string of the molecule is CCCC(C#N)NC(=O)C1CNC(=O)N1. The Balaban J connectivity index is 2.41. The lowest BCUT2D eigenvalue weighted by Crippen LogP contribution is -2.46. The van der Waals surface area contributed by atoms with E-state index < -0.39 is 12.1 Å². The zero-order chi connectivity index (χ0) is 11.3. The highest BCUT2D eigenvalue weighted by atomic mass is 16.2. The van der Waals surface area contributed by atoms with Crippen LogP contribution < -0.4 is 16.0 Å². The van der Waals surface area contributed by atoms with E-state index in [0.29, 0.717) is 6.42 Å². The molecule has 6 heteroatoms. The summed E-state index contributed by atoms with van der Waals surface area (Å²) < 4.78 is 0. The molecule has 2 atom stereocenters. The average Bonchev–Trinajstić information content (AvgIpc) is 2.64. The van der Waals surface area contributed by atoms with Crippen LogP contribution in [0.1, 0.15) is 19.8 Å². The van der Waals surface area contributed by atoms with Crippen LogP contribution in [0.15, 0.2) is 0 Å². The van der Waals surface area contributed by atoms with Crippen molar-refractivity contribution in [1.82, 2.24) is 16.0 Å². The van der Waals surface area contributed by atoms with Gasteiger partial charge in [0.25, 0.3) is 0 Å². The summed E-state index contributed by atoms with van der Waals surface area (Å²) in [6.45, 7) is 2.21. The molecule has 0 aliphatic carbocycles. The summed E-state index contributed by atoms with van der Waals surface area (Å²) >= 11 is 0. The van der Waals surface area contributed by atoms with Gasteiger partial charge in [0.1, 0.15) is 12.1 Å². The van der Waals surface area contributed by atoms with E-state index in [1.807, 2.05) is 13.0 Å². The molecule has 0 radical (unpaired) electrons. The maximum absolute atomic E-state index is 11.5. The van der Waals surface area contributed by atoms with Crippen molar-refractivity contribution < 1.29 is 9.59 Å². The molecule has 1 aliphatic rings. The summed E-state index contributed by atoms with van der Waals surface area (Å²) in [5, 5.41) is 16.2. The van der Waals surface area contributed by atoms with E-state index in [2.05, 4.69) is 16.0 Å². The second kappa shape index (κ2) is 5.20. The van der Waals surface area contributed by atoms with Crippen LogP contribution in [0.2, 0.25) is 0 Å². The number of nitriles is 1. The fourth-order valence-electron chi connectivity index (χ4n) is 1.34. The number of nitrogens with zero attached hydrogens (tertiary/aromatic N) is 1. The van der Waals surface area contributed by atoms with Gasteiger partial charge < -0.3 is 16.0 Å². The van der Waals surface area contributed by atoms with Gasteiger partial charge in [-0.1, -0.05) is 13.3 Å². The van der Waals surface area contributed by atoms with Gasteiger partial charge in [0.05, 0.1) is 6.07 Å². The van der Waals surface area contributed by atoms with E-state index in [-0.39, 0.29) is 18.5 Å². The number of nitrogens with one attached hydrogen (secondary N) is 3. The Labute approximate surface area is 88.0 Å². The van der Waals surface area contributed by atoms with Crippen LogP contribution in [0.4, 0.5) is 4.79 Å². The fourth-order valence-corrected chi connectivity index (χ4v) is 1.34. The number of urea groups is 1. The highest BCUT2D eigenvalue weighted by Crippen LogP contribution is 1.97. The molecule has 1 rings (SSSR count). The second-order valence-corrected chi connectivity index (χ2v) is 3.39. The molecule has 0 bridgehead atoms. The van der Waals surface area contributed by atoms with Crippen LogP contribution in [0.5, 0.6) is 0 Å². The molecular weight excluding hydrogens is 196 g/mol. The van der Waals surface area contributed by atoms with Crippen LogP contribution in [0.3, 0.4) is 0 Å².